The van der Waals surface area contributed by atoms with E-state index >= 15 is 0 Å². The zero-order valence-electron chi connectivity index (χ0n) is 11.7. The molecule has 108 valence electrons. The normalized spacial score (nSPS) is 26.7. The predicted octanol–water partition coefficient (Wildman–Crippen LogP) is -0.285. The molecule has 7 nitrogen and oxygen atoms in total. The summed E-state index contributed by atoms with van der Waals surface area (Å²) in [6.45, 7) is 4.98. The Kier molecular flexibility index (Phi) is 3.59. The molecule has 0 saturated carbocycles. The van der Waals surface area contributed by atoms with E-state index in [2.05, 4.69) is 10.00 Å². The topological polar surface area (TPSA) is 84.5 Å². The SMILES string of the molecule is CC1CN(S(=O)(=O)c2cn(C)nc2N)CC(C)N1C. The molecule has 0 amide bonds. The molecule has 0 spiro atoms. The molecule has 0 aromatic carbocycles. The first kappa shape index (κ1) is 14.3. The van der Waals surface area contributed by atoms with Crippen molar-refractivity contribution in [1.82, 2.24) is 19.0 Å². The van der Waals surface area contributed by atoms with Gasteiger partial charge in [-0.05, 0) is 20.9 Å². The molecule has 1 aromatic rings. The van der Waals surface area contributed by atoms with Crippen molar-refractivity contribution < 1.29 is 8.42 Å². The lowest BCUT2D eigenvalue weighted by atomic mass is 10.1. The summed E-state index contributed by atoms with van der Waals surface area (Å²) in [6.07, 6.45) is 1.46. The van der Waals surface area contributed by atoms with Crippen LogP contribution in [0.2, 0.25) is 0 Å². The van der Waals surface area contributed by atoms with Gasteiger partial charge < -0.3 is 5.73 Å². The van der Waals surface area contributed by atoms with Gasteiger partial charge in [0, 0.05) is 38.4 Å². The molecule has 2 unspecified atom stereocenters. The number of sulfonamides is 1. The Balaban J connectivity index is 2.33. The molecule has 1 aliphatic rings. The standard InChI is InChI=1S/C11H21N5O2S/c1-8-5-16(6-9(2)15(8)4)19(17,18)10-7-14(3)13-11(10)12/h7-9H,5-6H2,1-4H3,(H2,12,13). The van der Waals surface area contributed by atoms with Gasteiger partial charge in [0.2, 0.25) is 10.0 Å². The van der Waals surface area contributed by atoms with Crippen LogP contribution in [0.25, 0.3) is 0 Å². The van der Waals surface area contributed by atoms with Gasteiger partial charge in [-0.1, -0.05) is 0 Å². The third-order valence-corrected chi connectivity index (χ3v) is 5.61. The first-order valence-electron chi connectivity index (χ1n) is 6.24. The Labute approximate surface area is 114 Å². The number of nitrogens with two attached hydrogens (primary N) is 1. The van der Waals surface area contributed by atoms with Crippen molar-refractivity contribution in [2.75, 3.05) is 25.9 Å². The minimum absolute atomic E-state index is 0.0572. The highest BCUT2D eigenvalue weighted by Gasteiger charge is 2.36. The fraction of sp³-hybridized carbons (Fsp3) is 0.727. The number of aromatic nitrogens is 2. The quantitative estimate of drug-likeness (QED) is 0.808. The summed E-state index contributed by atoms with van der Waals surface area (Å²) in [7, 11) is 0.106. The summed E-state index contributed by atoms with van der Waals surface area (Å²) in [5.74, 6) is 0.0572. The fourth-order valence-corrected chi connectivity index (χ4v) is 4.07. The number of piperazine rings is 1. The van der Waals surface area contributed by atoms with Gasteiger partial charge in [-0.15, -0.1) is 0 Å². The van der Waals surface area contributed by atoms with Crippen LogP contribution in [0.3, 0.4) is 0 Å². The molecule has 0 radical (unpaired) electrons. The largest absolute Gasteiger partial charge is 0.381 e. The molecular weight excluding hydrogens is 266 g/mol. The van der Waals surface area contributed by atoms with E-state index in [-0.39, 0.29) is 22.8 Å². The number of rotatable bonds is 2. The number of nitrogen functional groups attached to an aromatic ring is 1. The molecule has 0 aliphatic carbocycles. The van der Waals surface area contributed by atoms with Gasteiger partial charge in [0.1, 0.15) is 4.90 Å². The van der Waals surface area contributed by atoms with Crippen LogP contribution in [0.1, 0.15) is 13.8 Å². The van der Waals surface area contributed by atoms with Gasteiger partial charge in [0.05, 0.1) is 0 Å². The smallest absolute Gasteiger partial charge is 0.248 e. The van der Waals surface area contributed by atoms with Crippen molar-refractivity contribution in [1.29, 1.82) is 0 Å². The van der Waals surface area contributed by atoms with Gasteiger partial charge >= 0.3 is 0 Å². The summed E-state index contributed by atoms with van der Waals surface area (Å²) < 4.78 is 28.1. The lowest BCUT2D eigenvalue weighted by Gasteiger charge is -2.41. The van der Waals surface area contributed by atoms with Gasteiger partial charge in [0.15, 0.2) is 5.82 Å². The molecule has 2 rings (SSSR count). The van der Waals surface area contributed by atoms with Crippen molar-refractivity contribution in [2.45, 2.75) is 30.8 Å². The second kappa shape index (κ2) is 4.77. The van der Waals surface area contributed by atoms with E-state index in [1.54, 1.807) is 7.05 Å². The Hall–Kier alpha value is -1.12. The van der Waals surface area contributed by atoms with Gasteiger partial charge in [0.25, 0.3) is 0 Å². The first-order chi connectivity index (χ1) is 8.73. The van der Waals surface area contributed by atoms with Crippen LogP contribution in [0.15, 0.2) is 11.1 Å². The maximum absolute atomic E-state index is 12.6. The highest BCUT2D eigenvalue weighted by molar-refractivity contribution is 7.89. The molecule has 1 aromatic heterocycles. The van der Waals surface area contributed by atoms with Crippen molar-refractivity contribution in [3.05, 3.63) is 6.20 Å². The molecule has 0 bridgehead atoms. The lowest BCUT2D eigenvalue weighted by Crippen LogP contribution is -2.56. The number of likely N-dealkylation sites (N-methyl/N-ethyl adjacent to an activating group) is 1. The second-order valence-electron chi connectivity index (χ2n) is 5.24. The average molecular weight is 287 g/mol. The number of aryl methyl sites for hydroxylation is 1. The van der Waals surface area contributed by atoms with E-state index in [1.807, 2.05) is 20.9 Å². The van der Waals surface area contributed by atoms with Crippen molar-refractivity contribution in [3.8, 4) is 0 Å². The summed E-state index contributed by atoms with van der Waals surface area (Å²) in [5, 5.41) is 3.90. The van der Waals surface area contributed by atoms with Gasteiger partial charge in [-0.3, -0.25) is 9.58 Å². The van der Waals surface area contributed by atoms with Crippen LogP contribution in [0.5, 0.6) is 0 Å². The van der Waals surface area contributed by atoms with Crippen molar-refractivity contribution in [3.63, 3.8) is 0 Å². The van der Waals surface area contributed by atoms with Crippen molar-refractivity contribution in [2.24, 2.45) is 7.05 Å². The summed E-state index contributed by atoms with van der Waals surface area (Å²) in [4.78, 5) is 2.28. The summed E-state index contributed by atoms with van der Waals surface area (Å²) in [5.41, 5.74) is 5.68. The predicted molar refractivity (Wildman–Crippen MR) is 73.1 cm³/mol. The molecule has 1 aliphatic heterocycles. The summed E-state index contributed by atoms with van der Waals surface area (Å²) in [6, 6.07) is 0.354. The third-order valence-electron chi connectivity index (χ3n) is 3.77. The second-order valence-corrected chi connectivity index (χ2v) is 7.14. The molecule has 1 fully saturated rings. The highest BCUT2D eigenvalue weighted by Crippen LogP contribution is 2.24. The zero-order valence-corrected chi connectivity index (χ0v) is 12.6. The fourth-order valence-electron chi connectivity index (χ4n) is 2.37. The van der Waals surface area contributed by atoms with Crippen LogP contribution >= 0.6 is 0 Å². The Bertz CT molecular complexity index is 556. The Morgan fingerprint density at radius 1 is 1.26 bits per heavy atom. The van der Waals surface area contributed by atoms with E-state index in [9.17, 15) is 8.42 Å². The number of hydrogen-bond acceptors (Lipinski definition) is 5. The van der Waals surface area contributed by atoms with E-state index in [1.165, 1.54) is 15.2 Å². The molecule has 2 atom stereocenters. The van der Waals surface area contributed by atoms with E-state index < -0.39 is 10.0 Å². The van der Waals surface area contributed by atoms with Crippen LogP contribution in [0.4, 0.5) is 5.82 Å². The van der Waals surface area contributed by atoms with Crippen LogP contribution in [-0.4, -0.2) is 59.6 Å². The van der Waals surface area contributed by atoms with E-state index in [0.717, 1.165) is 0 Å². The van der Waals surface area contributed by atoms with Crippen LogP contribution in [-0.2, 0) is 17.1 Å². The number of nitrogens with zero attached hydrogens (tertiary/aromatic N) is 4. The first-order valence-corrected chi connectivity index (χ1v) is 7.68. The Morgan fingerprint density at radius 3 is 2.21 bits per heavy atom. The molecular formula is C11H21N5O2S. The zero-order chi connectivity index (χ0) is 14.4. The molecule has 1 saturated heterocycles. The van der Waals surface area contributed by atoms with Gasteiger partial charge in [-0.2, -0.15) is 9.40 Å². The number of anilines is 1. The van der Waals surface area contributed by atoms with Crippen LogP contribution in [0, 0.1) is 0 Å². The maximum Gasteiger partial charge on any atom is 0.248 e. The molecule has 2 N–H and O–H groups in total. The highest BCUT2D eigenvalue weighted by atomic mass is 32.2. The third kappa shape index (κ3) is 2.47. The minimum Gasteiger partial charge on any atom is -0.381 e. The number of hydrogen-bond donors (Lipinski definition) is 1. The van der Waals surface area contributed by atoms with E-state index in [0.29, 0.717) is 13.1 Å². The minimum atomic E-state index is -3.56. The average Bonchev–Trinajstić information content (AvgIpc) is 2.65. The van der Waals surface area contributed by atoms with Gasteiger partial charge in [-0.25, -0.2) is 8.42 Å². The molecule has 19 heavy (non-hydrogen) atoms. The molecule has 2 heterocycles. The summed E-state index contributed by atoms with van der Waals surface area (Å²) >= 11 is 0. The molecule has 8 heteroatoms. The Morgan fingerprint density at radius 2 is 1.79 bits per heavy atom. The maximum atomic E-state index is 12.6. The lowest BCUT2D eigenvalue weighted by molar-refractivity contribution is 0.105. The van der Waals surface area contributed by atoms with Crippen molar-refractivity contribution >= 4 is 15.8 Å². The van der Waals surface area contributed by atoms with Crippen LogP contribution < -0.4 is 5.73 Å². The van der Waals surface area contributed by atoms with E-state index in [4.69, 9.17) is 5.73 Å². The monoisotopic (exact) mass is 287 g/mol.